The van der Waals surface area contributed by atoms with Gasteiger partial charge in [-0.2, -0.15) is 0 Å². The van der Waals surface area contributed by atoms with Crippen LogP contribution < -0.4 is 5.32 Å². The zero-order valence-corrected chi connectivity index (χ0v) is 19.0. The summed E-state index contributed by atoms with van der Waals surface area (Å²) < 4.78 is 5.93. The molecular formula is C23H32IN3O. The van der Waals surface area contributed by atoms with E-state index in [1.165, 1.54) is 17.5 Å². The average Bonchev–Trinajstić information content (AvgIpc) is 3.18. The van der Waals surface area contributed by atoms with Gasteiger partial charge in [-0.3, -0.25) is 4.99 Å². The number of rotatable bonds is 8. The average molecular weight is 493 g/mol. The molecule has 0 amide bonds. The predicted octanol–water partition coefficient (Wildman–Crippen LogP) is 4.35. The number of guanidine groups is 1. The molecule has 1 aliphatic rings. The fourth-order valence-corrected chi connectivity index (χ4v) is 3.55. The second kappa shape index (κ2) is 12.8. The second-order valence-electron chi connectivity index (χ2n) is 7.16. The summed E-state index contributed by atoms with van der Waals surface area (Å²) in [5, 5.41) is 3.52. The Morgan fingerprint density at radius 3 is 2.43 bits per heavy atom. The van der Waals surface area contributed by atoms with Gasteiger partial charge >= 0.3 is 0 Å². The fourth-order valence-electron chi connectivity index (χ4n) is 3.55. The largest absolute Gasteiger partial charge is 0.376 e. The smallest absolute Gasteiger partial charge is 0.193 e. The summed E-state index contributed by atoms with van der Waals surface area (Å²) in [5.74, 6) is 1.60. The first kappa shape index (κ1) is 22.7. The lowest BCUT2D eigenvalue weighted by atomic mass is 10.1. The van der Waals surface area contributed by atoms with E-state index in [0.717, 1.165) is 45.0 Å². The van der Waals surface area contributed by atoms with Crippen LogP contribution in [0.25, 0.3) is 0 Å². The number of halogens is 1. The number of aliphatic imine (C=N–C) groups is 1. The molecule has 2 aromatic carbocycles. The van der Waals surface area contributed by atoms with Crippen LogP contribution >= 0.6 is 24.0 Å². The molecule has 2 aromatic rings. The van der Waals surface area contributed by atoms with E-state index in [0.29, 0.717) is 12.5 Å². The molecule has 0 saturated carbocycles. The Hall–Kier alpha value is -1.60. The molecule has 0 aliphatic carbocycles. The molecule has 1 fully saturated rings. The van der Waals surface area contributed by atoms with E-state index in [-0.39, 0.29) is 24.0 Å². The summed E-state index contributed by atoms with van der Waals surface area (Å²) >= 11 is 0. The quantitative estimate of drug-likeness (QED) is 0.257. The maximum absolute atomic E-state index is 5.93. The Morgan fingerprint density at radius 1 is 1.07 bits per heavy atom. The van der Waals surface area contributed by atoms with Gasteiger partial charge in [0, 0.05) is 32.6 Å². The summed E-state index contributed by atoms with van der Waals surface area (Å²) in [6.07, 6.45) is 3.38. The van der Waals surface area contributed by atoms with E-state index in [9.17, 15) is 0 Å². The highest BCUT2D eigenvalue weighted by Gasteiger charge is 2.24. The van der Waals surface area contributed by atoms with Crippen molar-refractivity contribution in [1.29, 1.82) is 0 Å². The molecule has 0 spiro atoms. The lowest BCUT2D eigenvalue weighted by Crippen LogP contribution is -2.40. The molecule has 28 heavy (non-hydrogen) atoms. The normalized spacial score (nSPS) is 16.7. The van der Waals surface area contributed by atoms with Crippen molar-refractivity contribution in [1.82, 2.24) is 10.2 Å². The second-order valence-corrected chi connectivity index (χ2v) is 7.16. The summed E-state index contributed by atoms with van der Waals surface area (Å²) in [4.78, 5) is 6.83. The van der Waals surface area contributed by atoms with Gasteiger partial charge < -0.3 is 15.0 Å². The SMILES string of the molecule is CN=C(NCCCc1ccccc1)N1CCC(COCc2ccccc2)C1.I. The molecule has 1 N–H and O–H groups in total. The molecule has 4 nitrogen and oxygen atoms in total. The molecule has 1 saturated heterocycles. The third-order valence-electron chi connectivity index (χ3n) is 5.03. The van der Waals surface area contributed by atoms with Gasteiger partial charge in [-0.15, -0.1) is 24.0 Å². The first-order valence-corrected chi connectivity index (χ1v) is 9.96. The minimum absolute atomic E-state index is 0. The number of nitrogens with zero attached hydrogens (tertiary/aromatic N) is 2. The first-order valence-electron chi connectivity index (χ1n) is 9.96. The van der Waals surface area contributed by atoms with Crippen LogP contribution in [0.1, 0.15) is 24.0 Å². The number of hydrogen-bond acceptors (Lipinski definition) is 2. The molecule has 0 aromatic heterocycles. The highest BCUT2D eigenvalue weighted by atomic mass is 127. The molecule has 0 bridgehead atoms. The molecule has 152 valence electrons. The first-order chi connectivity index (χ1) is 13.3. The van der Waals surface area contributed by atoms with Gasteiger partial charge in [0.05, 0.1) is 13.2 Å². The monoisotopic (exact) mass is 493 g/mol. The van der Waals surface area contributed by atoms with Crippen molar-refractivity contribution in [2.45, 2.75) is 25.9 Å². The van der Waals surface area contributed by atoms with E-state index in [1.807, 2.05) is 13.1 Å². The van der Waals surface area contributed by atoms with E-state index in [4.69, 9.17) is 4.74 Å². The van der Waals surface area contributed by atoms with E-state index in [2.05, 4.69) is 69.8 Å². The van der Waals surface area contributed by atoms with Crippen molar-refractivity contribution in [3.63, 3.8) is 0 Å². The minimum Gasteiger partial charge on any atom is -0.376 e. The minimum atomic E-state index is 0. The lowest BCUT2D eigenvalue weighted by molar-refractivity contribution is 0.0907. The highest BCUT2D eigenvalue weighted by molar-refractivity contribution is 14.0. The van der Waals surface area contributed by atoms with Crippen molar-refractivity contribution >= 4 is 29.9 Å². The Morgan fingerprint density at radius 2 is 1.75 bits per heavy atom. The van der Waals surface area contributed by atoms with E-state index in [1.54, 1.807) is 0 Å². The molecule has 0 radical (unpaired) electrons. The molecule has 1 aliphatic heterocycles. The van der Waals surface area contributed by atoms with Crippen LogP contribution in [0.4, 0.5) is 0 Å². The van der Waals surface area contributed by atoms with E-state index < -0.39 is 0 Å². The molecule has 1 unspecified atom stereocenters. The zero-order chi connectivity index (χ0) is 18.7. The van der Waals surface area contributed by atoms with Crippen LogP contribution in [0.3, 0.4) is 0 Å². The summed E-state index contributed by atoms with van der Waals surface area (Å²) in [6, 6.07) is 21.0. The van der Waals surface area contributed by atoms with Gasteiger partial charge in [0.2, 0.25) is 0 Å². The lowest BCUT2D eigenvalue weighted by Gasteiger charge is -2.21. The number of nitrogens with one attached hydrogen (secondary N) is 1. The van der Waals surface area contributed by atoms with Gasteiger partial charge in [0.25, 0.3) is 0 Å². The Kier molecular flexibility index (Phi) is 10.4. The summed E-state index contributed by atoms with van der Waals surface area (Å²) in [7, 11) is 1.87. The molecule has 3 rings (SSSR count). The summed E-state index contributed by atoms with van der Waals surface area (Å²) in [6.45, 7) is 4.54. The number of ether oxygens (including phenoxy) is 1. The number of aryl methyl sites for hydroxylation is 1. The Balaban J connectivity index is 0.00000280. The van der Waals surface area contributed by atoms with Crippen LogP contribution in [0, 0.1) is 5.92 Å². The zero-order valence-electron chi connectivity index (χ0n) is 16.7. The van der Waals surface area contributed by atoms with Crippen LogP contribution in [0.5, 0.6) is 0 Å². The topological polar surface area (TPSA) is 36.9 Å². The molecule has 5 heteroatoms. The third-order valence-corrected chi connectivity index (χ3v) is 5.03. The third kappa shape index (κ3) is 7.43. The van der Waals surface area contributed by atoms with Crippen molar-refractivity contribution in [2.75, 3.05) is 33.3 Å². The van der Waals surface area contributed by atoms with Gasteiger partial charge in [0.15, 0.2) is 5.96 Å². The standard InChI is InChI=1S/C23H31N3O.HI/c1-24-23(25-15-8-13-20-9-4-2-5-10-20)26-16-14-22(17-26)19-27-18-21-11-6-3-7-12-21;/h2-7,9-12,22H,8,13-19H2,1H3,(H,24,25);1H. The van der Waals surface area contributed by atoms with Crippen molar-refractivity contribution in [2.24, 2.45) is 10.9 Å². The van der Waals surface area contributed by atoms with Gasteiger partial charge in [-0.05, 0) is 30.4 Å². The Labute approximate surface area is 186 Å². The van der Waals surface area contributed by atoms with Crippen LogP contribution in [0.2, 0.25) is 0 Å². The number of likely N-dealkylation sites (tertiary alicyclic amines) is 1. The van der Waals surface area contributed by atoms with Crippen molar-refractivity contribution in [3.05, 3.63) is 71.8 Å². The number of hydrogen-bond donors (Lipinski definition) is 1. The maximum Gasteiger partial charge on any atom is 0.193 e. The van der Waals surface area contributed by atoms with E-state index >= 15 is 0 Å². The van der Waals surface area contributed by atoms with Crippen LogP contribution in [0.15, 0.2) is 65.7 Å². The highest BCUT2D eigenvalue weighted by Crippen LogP contribution is 2.17. The summed E-state index contributed by atoms with van der Waals surface area (Å²) in [5.41, 5.74) is 2.63. The van der Waals surface area contributed by atoms with Crippen LogP contribution in [-0.2, 0) is 17.8 Å². The molecule has 1 heterocycles. The van der Waals surface area contributed by atoms with Crippen LogP contribution in [-0.4, -0.2) is 44.1 Å². The molecular weight excluding hydrogens is 461 g/mol. The van der Waals surface area contributed by atoms with Crippen molar-refractivity contribution < 1.29 is 4.74 Å². The van der Waals surface area contributed by atoms with Gasteiger partial charge in [-0.25, -0.2) is 0 Å². The predicted molar refractivity (Wildman–Crippen MR) is 127 cm³/mol. The maximum atomic E-state index is 5.93. The van der Waals surface area contributed by atoms with Gasteiger partial charge in [-0.1, -0.05) is 60.7 Å². The molecule has 1 atom stereocenters. The van der Waals surface area contributed by atoms with Gasteiger partial charge in [0.1, 0.15) is 0 Å². The fraction of sp³-hybridized carbons (Fsp3) is 0.435. The number of benzene rings is 2. The van der Waals surface area contributed by atoms with Crippen molar-refractivity contribution in [3.8, 4) is 0 Å². The Bertz CT molecular complexity index is 694.